The largest absolute Gasteiger partial charge is 0.479 e. The van der Waals surface area contributed by atoms with Crippen molar-refractivity contribution in [2.24, 2.45) is 0 Å². The summed E-state index contributed by atoms with van der Waals surface area (Å²) in [6.07, 6.45) is 4.95. The van der Waals surface area contributed by atoms with E-state index in [9.17, 15) is 4.79 Å². The standard InChI is InChI=1S/C7H11NO3/c1-3-7(5-9,6(10)11)8-4-2/h1,8-9H,4-5H2,2H3,(H,10,11). The van der Waals surface area contributed by atoms with E-state index in [1.54, 1.807) is 6.92 Å². The van der Waals surface area contributed by atoms with Crippen molar-refractivity contribution in [2.45, 2.75) is 12.5 Å². The van der Waals surface area contributed by atoms with Gasteiger partial charge in [0.25, 0.3) is 0 Å². The van der Waals surface area contributed by atoms with Crippen molar-refractivity contribution in [3.8, 4) is 12.3 Å². The lowest BCUT2D eigenvalue weighted by molar-refractivity contribution is -0.143. The van der Waals surface area contributed by atoms with Gasteiger partial charge < -0.3 is 10.2 Å². The zero-order chi connectivity index (χ0) is 8.91. The van der Waals surface area contributed by atoms with Gasteiger partial charge in [0.15, 0.2) is 0 Å². The Morgan fingerprint density at radius 2 is 2.36 bits per heavy atom. The zero-order valence-electron chi connectivity index (χ0n) is 6.29. The summed E-state index contributed by atoms with van der Waals surface area (Å²) < 4.78 is 0. The van der Waals surface area contributed by atoms with Crippen molar-refractivity contribution < 1.29 is 15.0 Å². The highest BCUT2D eigenvalue weighted by atomic mass is 16.4. The third-order valence-electron chi connectivity index (χ3n) is 1.33. The van der Waals surface area contributed by atoms with Crippen LogP contribution in [0.1, 0.15) is 6.92 Å². The summed E-state index contributed by atoms with van der Waals surface area (Å²) in [5.74, 6) is 0.773. The number of carbonyl (C=O) groups is 1. The van der Waals surface area contributed by atoms with Gasteiger partial charge in [0, 0.05) is 0 Å². The van der Waals surface area contributed by atoms with Crippen LogP contribution in [-0.4, -0.2) is 34.9 Å². The summed E-state index contributed by atoms with van der Waals surface area (Å²) in [7, 11) is 0. The second kappa shape index (κ2) is 3.96. The number of carboxylic acid groups (broad SMARTS) is 1. The summed E-state index contributed by atoms with van der Waals surface area (Å²) in [6, 6.07) is 0. The van der Waals surface area contributed by atoms with Crippen molar-refractivity contribution >= 4 is 5.97 Å². The second-order valence-electron chi connectivity index (χ2n) is 2.04. The summed E-state index contributed by atoms with van der Waals surface area (Å²) >= 11 is 0. The third kappa shape index (κ3) is 1.93. The number of rotatable bonds is 4. The molecule has 4 heteroatoms. The van der Waals surface area contributed by atoms with Crippen LogP contribution in [0.3, 0.4) is 0 Å². The molecule has 4 nitrogen and oxygen atoms in total. The van der Waals surface area contributed by atoms with Crippen LogP contribution in [0.15, 0.2) is 0 Å². The number of likely N-dealkylation sites (N-methyl/N-ethyl adjacent to an activating group) is 1. The molecule has 3 N–H and O–H groups in total. The molecule has 62 valence electrons. The topological polar surface area (TPSA) is 69.6 Å². The van der Waals surface area contributed by atoms with Crippen LogP contribution in [0.5, 0.6) is 0 Å². The molecule has 0 saturated heterocycles. The quantitative estimate of drug-likeness (QED) is 0.460. The molecule has 0 aromatic heterocycles. The van der Waals surface area contributed by atoms with Gasteiger partial charge in [-0.15, -0.1) is 6.42 Å². The number of aliphatic hydroxyl groups is 1. The number of carboxylic acids is 1. The third-order valence-corrected chi connectivity index (χ3v) is 1.33. The fourth-order valence-corrected chi connectivity index (χ4v) is 0.659. The number of nitrogens with one attached hydrogen (secondary N) is 1. The SMILES string of the molecule is C#CC(CO)(NCC)C(=O)O. The Bertz CT molecular complexity index is 185. The minimum atomic E-state index is -1.62. The van der Waals surface area contributed by atoms with Gasteiger partial charge in [0.2, 0.25) is 5.54 Å². The van der Waals surface area contributed by atoms with Crippen LogP contribution in [0.2, 0.25) is 0 Å². The minimum Gasteiger partial charge on any atom is -0.479 e. The zero-order valence-corrected chi connectivity index (χ0v) is 6.29. The van der Waals surface area contributed by atoms with Crippen LogP contribution in [0.4, 0.5) is 0 Å². The Morgan fingerprint density at radius 1 is 1.82 bits per heavy atom. The van der Waals surface area contributed by atoms with Crippen LogP contribution in [0.25, 0.3) is 0 Å². The highest BCUT2D eigenvalue weighted by molar-refractivity contribution is 5.83. The lowest BCUT2D eigenvalue weighted by atomic mass is 10.0. The van der Waals surface area contributed by atoms with Crippen LogP contribution in [-0.2, 0) is 4.79 Å². The van der Waals surface area contributed by atoms with Crippen molar-refractivity contribution in [3.05, 3.63) is 0 Å². The summed E-state index contributed by atoms with van der Waals surface area (Å²) in [4.78, 5) is 10.5. The number of aliphatic carboxylic acids is 1. The molecule has 0 spiro atoms. The van der Waals surface area contributed by atoms with Gasteiger partial charge >= 0.3 is 5.97 Å². The maximum absolute atomic E-state index is 10.5. The van der Waals surface area contributed by atoms with E-state index >= 15 is 0 Å². The fourth-order valence-electron chi connectivity index (χ4n) is 0.659. The van der Waals surface area contributed by atoms with Crippen LogP contribution < -0.4 is 5.32 Å². The van der Waals surface area contributed by atoms with Crippen LogP contribution in [0, 0.1) is 12.3 Å². The van der Waals surface area contributed by atoms with Gasteiger partial charge in [-0.25, -0.2) is 4.79 Å². The number of hydrogen-bond acceptors (Lipinski definition) is 3. The Balaban J connectivity index is 4.50. The van der Waals surface area contributed by atoms with Gasteiger partial charge in [-0.3, -0.25) is 5.32 Å². The first-order valence-electron chi connectivity index (χ1n) is 3.20. The lowest BCUT2D eigenvalue weighted by Crippen LogP contribution is -2.53. The molecule has 1 unspecified atom stereocenters. The maximum atomic E-state index is 10.5. The molecule has 0 rings (SSSR count). The van der Waals surface area contributed by atoms with Crippen molar-refractivity contribution in [3.63, 3.8) is 0 Å². The lowest BCUT2D eigenvalue weighted by Gasteiger charge is -2.21. The second-order valence-corrected chi connectivity index (χ2v) is 2.04. The smallest absolute Gasteiger partial charge is 0.338 e. The number of hydrogen-bond donors (Lipinski definition) is 3. The Hall–Kier alpha value is -1.05. The normalized spacial score (nSPS) is 15.0. The molecular weight excluding hydrogens is 146 g/mol. The first kappa shape index (κ1) is 9.95. The molecule has 0 aromatic rings. The van der Waals surface area contributed by atoms with Gasteiger partial charge in [0.1, 0.15) is 0 Å². The predicted molar refractivity (Wildman–Crippen MR) is 40.0 cm³/mol. The molecule has 0 radical (unpaired) electrons. The van der Waals surface area contributed by atoms with E-state index in [0.29, 0.717) is 6.54 Å². The molecule has 0 aliphatic carbocycles. The van der Waals surface area contributed by atoms with Crippen molar-refractivity contribution in [1.29, 1.82) is 0 Å². The molecule has 0 fully saturated rings. The Labute approximate surface area is 65.2 Å². The van der Waals surface area contributed by atoms with Crippen molar-refractivity contribution in [1.82, 2.24) is 5.32 Å². The Kier molecular flexibility index (Phi) is 3.58. The van der Waals surface area contributed by atoms with E-state index < -0.39 is 18.1 Å². The van der Waals surface area contributed by atoms with Crippen molar-refractivity contribution in [2.75, 3.05) is 13.2 Å². The maximum Gasteiger partial charge on any atom is 0.338 e. The first-order valence-corrected chi connectivity index (χ1v) is 3.20. The number of terminal acetylenes is 1. The molecule has 0 aromatic carbocycles. The highest BCUT2D eigenvalue weighted by Gasteiger charge is 2.34. The van der Waals surface area contributed by atoms with Gasteiger partial charge in [-0.2, -0.15) is 0 Å². The molecule has 0 bridgehead atoms. The summed E-state index contributed by atoms with van der Waals surface area (Å²) in [5.41, 5.74) is -1.62. The van der Waals surface area contributed by atoms with E-state index in [4.69, 9.17) is 16.6 Å². The van der Waals surface area contributed by atoms with E-state index in [-0.39, 0.29) is 0 Å². The van der Waals surface area contributed by atoms with Crippen LogP contribution >= 0.6 is 0 Å². The first-order chi connectivity index (χ1) is 5.13. The van der Waals surface area contributed by atoms with E-state index in [1.165, 1.54) is 0 Å². The van der Waals surface area contributed by atoms with Gasteiger partial charge in [-0.1, -0.05) is 12.8 Å². The molecule has 0 heterocycles. The van der Waals surface area contributed by atoms with E-state index in [1.807, 2.05) is 5.92 Å². The molecule has 0 aliphatic rings. The molecular formula is C7H11NO3. The molecule has 1 atom stereocenters. The van der Waals surface area contributed by atoms with E-state index in [0.717, 1.165) is 0 Å². The number of aliphatic hydroxyl groups excluding tert-OH is 1. The molecule has 0 saturated carbocycles. The summed E-state index contributed by atoms with van der Waals surface area (Å²) in [5, 5.41) is 19.8. The molecule has 0 amide bonds. The fraction of sp³-hybridized carbons (Fsp3) is 0.571. The predicted octanol–water partition coefficient (Wildman–Crippen LogP) is -0.955. The Morgan fingerprint density at radius 3 is 2.45 bits per heavy atom. The monoisotopic (exact) mass is 157 g/mol. The van der Waals surface area contributed by atoms with Gasteiger partial charge in [0.05, 0.1) is 6.61 Å². The molecule has 0 aliphatic heterocycles. The highest BCUT2D eigenvalue weighted by Crippen LogP contribution is 2.01. The average molecular weight is 157 g/mol. The minimum absolute atomic E-state index is 0.400. The summed E-state index contributed by atoms with van der Waals surface area (Å²) in [6.45, 7) is 1.51. The van der Waals surface area contributed by atoms with Gasteiger partial charge in [-0.05, 0) is 6.54 Å². The van der Waals surface area contributed by atoms with E-state index in [2.05, 4.69) is 5.32 Å². The average Bonchev–Trinajstić information content (AvgIpc) is 2.00. The molecule has 11 heavy (non-hydrogen) atoms.